The molecule has 1 heterocycles. The summed E-state index contributed by atoms with van der Waals surface area (Å²) < 4.78 is 6.19. The molecule has 2 atom stereocenters. The van der Waals surface area contributed by atoms with Gasteiger partial charge in [-0.25, -0.2) is 4.90 Å². The molecule has 9 rings (SSSR count). The number of amides is 2. The number of imide groups is 1. The highest BCUT2D eigenvalue weighted by Gasteiger charge is 2.73. The molecule has 1 fully saturated rings. The minimum Gasteiger partial charge on any atom is -0.457 e. The van der Waals surface area contributed by atoms with Crippen LogP contribution in [0.3, 0.4) is 0 Å². The summed E-state index contributed by atoms with van der Waals surface area (Å²) in [7, 11) is 0. The van der Waals surface area contributed by atoms with Crippen LogP contribution in [0, 0.1) is 11.8 Å². The van der Waals surface area contributed by atoms with Gasteiger partial charge in [0.25, 0.3) is 0 Å². The normalized spacial score (nSPS) is 26.0. The molecule has 0 spiro atoms. The largest absolute Gasteiger partial charge is 0.457 e. The molecule has 5 aromatic carbocycles. The number of nitrogens with zero attached hydrogens (tertiary/aromatic N) is 1. The van der Waals surface area contributed by atoms with E-state index in [1.807, 2.05) is 91.0 Å². The number of rotatable bonds is 3. The van der Waals surface area contributed by atoms with Crippen molar-refractivity contribution in [2.75, 3.05) is 4.90 Å². The fourth-order valence-electron chi connectivity index (χ4n) is 7.00. The summed E-state index contributed by atoms with van der Waals surface area (Å²) in [5.74, 6) is -1.04. The van der Waals surface area contributed by atoms with Crippen LogP contribution >= 0.6 is 23.2 Å². The number of halogens is 2. The van der Waals surface area contributed by atoms with Crippen molar-refractivity contribution < 1.29 is 14.3 Å². The molecule has 6 heteroatoms. The highest BCUT2D eigenvalue weighted by molar-refractivity contribution is 6.38. The van der Waals surface area contributed by atoms with Gasteiger partial charge in [0.05, 0.1) is 17.5 Å². The molecular weight excluding hydrogens is 541 g/mol. The van der Waals surface area contributed by atoms with E-state index >= 15 is 0 Å². The molecule has 0 N–H and O–H groups in total. The maximum atomic E-state index is 14.2. The molecule has 0 saturated carbocycles. The van der Waals surface area contributed by atoms with E-state index in [1.54, 1.807) is 24.3 Å². The fourth-order valence-corrected chi connectivity index (χ4v) is 8.09. The molecule has 2 amide bonds. The first-order valence-corrected chi connectivity index (χ1v) is 13.9. The first kappa shape index (κ1) is 23.7. The lowest BCUT2D eigenvalue weighted by Crippen LogP contribution is -2.57. The quantitative estimate of drug-likeness (QED) is 0.167. The smallest absolute Gasteiger partial charge is 0.240 e. The van der Waals surface area contributed by atoms with Crippen LogP contribution in [-0.2, 0) is 19.3 Å². The highest BCUT2D eigenvalue weighted by Crippen LogP contribution is 2.69. The van der Waals surface area contributed by atoms with Crippen molar-refractivity contribution in [1.29, 1.82) is 0 Å². The maximum Gasteiger partial charge on any atom is 0.240 e. The van der Waals surface area contributed by atoms with Gasteiger partial charge in [0.1, 0.15) is 21.2 Å². The van der Waals surface area contributed by atoms with Gasteiger partial charge in [-0.05, 0) is 58.0 Å². The van der Waals surface area contributed by atoms with Crippen molar-refractivity contribution in [1.82, 2.24) is 0 Å². The summed E-state index contributed by atoms with van der Waals surface area (Å²) in [5, 5.41) is 2.08. The zero-order valence-electron chi connectivity index (χ0n) is 21.1. The van der Waals surface area contributed by atoms with Gasteiger partial charge in [-0.2, -0.15) is 0 Å². The Morgan fingerprint density at radius 2 is 1.05 bits per heavy atom. The number of ether oxygens (including phenoxy) is 1. The standard InChI is InChI=1S/C34H21Cl2NO3/c35-33-24-11-3-4-12-25(24)34(36,27-14-6-5-13-26(27)33)30-29(33)31(38)37(32(30)39)21-16-18-22(19-17-21)40-28-15-7-9-20-8-1-2-10-23(20)28/h1-19,29-30H/t29-,30-,33?,34?/m1/s1. The minimum absolute atomic E-state index is 0.346. The van der Waals surface area contributed by atoms with E-state index in [1.165, 1.54) is 4.90 Å². The van der Waals surface area contributed by atoms with Crippen LogP contribution in [-0.4, -0.2) is 11.8 Å². The second-order valence-corrected chi connectivity index (χ2v) is 11.7. The third kappa shape index (κ3) is 2.87. The third-order valence-electron chi connectivity index (χ3n) is 8.66. The molecule has 194 valence electrons. The Labute approximate surface area is 240 Å². The van der Waals surface area contributed by atoms with Crippen LogP contribution in [0.15, 0.2) is 115 Å². The molecule has 1 aliphatic heterocycles. The van der Waals surface area contributed by atoms with Gasteiger partial charge in [-0.3, -0.25) is 9.59 Å². The van der Waals surface area contributed by atoms with Crippen molar-refractivity contribution in [2.45, 2.75) is 9.75 Å². The Hall–Kier alpha value is -4.12. The van der Waals surface area contributed by atoms with E-state index < -0.39 is 21.6 Å². The Balaban J connectivity index is 1.20. The lowest BCUT2D eigenvalue weighted by molar-refractivity contribution is -0.122. The minimum atomic E-state index is -1.20. The molecule has 0 aromatic heterocycles. The molecule has 0 unspecified atom stereocenters. The van der Waals surface area contributed by atoms with Crippen molar-refractivity contribution in [3.63, 3.8) is 0 Å². The lowest BCUT2D eigenvalue weighted by Gasteiger charge is -2.54. The van der Waals surface area contributed by atoms with E-state index in [4.69, 9.17) is 27.9 Å². The molecular formula is C34H21Cl2NO3. The van der Waals surface area contributed by atoms with Crippen LogP contribution in [0.5, 0.6) is 11.5 Å². The van der Waals surface area contributed by atoms with E-state index in [9.17, 15) is 9.59 Å². The fraction of sp³-hybridized carbons (Fsp3) is 0.118. The van der Waals surface area contributed by atoms with Crippen molar-refractivity contribution in [3.8, 4) is 11.5 Å². The maximum absolute atomic E-state index is 14.2. The molecule has 3 aliphatic carbocycles. The summed E-state index contributed by atoms with van der Waals surface area (Å²) in [6.45, 7) is 0. The van der Waals surface area contributed by atoms with Crippen molar-refractivity contribution in [2.24, 2.45) is 11.8 Å². The summed E-state index contributed by atoms with van der Waals surface area (Å²) in [6, 6.07) is 36.2. The van der Waals surface area contributed by atoms with Gasteiger partial charge in [-0.15, -0.1) is 23.2 Å². The SMILES string of the molecule is O=C1[C@H]2[C@H](C(=O)N1c1ccc(Oc3cccc4ccccc34)cc1)C1(Cl)c3ccccc3C2(Cl)c2ccccc21. The monoisotopic (exact) mass is 561 g/mol. The summed E-state index contributed by atoms with van der Waals surface area (Å²) in [4.78, 5) is 27.2. The Morgan fingerprint density at radius 3 is 1.60 bits per heavy atom. The van der Waals surface area contributed by atoms with E-state index in [-0.39, 0.29) is 11.8 Å². The van der Waals surface area contributed by atoms with E-state index in [0.717, 1.165) is 38.8 Å². The molecule has 0 radical (unpaired) electrons. The Morgan fingerprint density at radius 1 is 0.575 bits per heavy atom. The van der Waals surface area contributed by atoms with Crippen LogP contribution in [0.4, 0.5) is 5.69 Å². The zero-order valence-corrected chi connectivity index (χ0v) is 22.6. The topological polar surface area (TPSA) is 46.6 Å². The van der Waals surface area contributed by atoms with Gasteiger partial charge < -0.3 is 4.74 Å². The van der Waals surface area contributed by atoms with Crippen molar-refractivity contribution >= 4 is 51.5 Å². The zero-order chi connectivity index (χ0) is 27.2. The number of hydrogen-bond donors (Lipinski definition) is 0. The number of anilines is 1. The number of carbonyl (C=O) groups is 2. The number of hydrogen-bond acceptors (Lipinski definition) is 3. The van der Waals surface area contributed by atoms with Crippen LogP contribution in [0.2, 0.25) is 0 Å². The average Bonchev–Trinajstić information content (AvgIpc) is 3.27. The highest BCUT2D eigenvalue weighted by atomic mass is 35.5. The second kappa shape index (κ2) is 8.20. The third-order valence-corrected chi connectivity index (χ3v) is 9.94. The van der Waals surface area contributed by atoms with Gasteiger partial charge >= 0.3 is 0 Å². The predicted octanol–water partition coefficient (Wildman–Crippen LogP) is 7.73. The Bertz CT molecular complexity index is 1760. The van der Waals surface area contributed by atoms with Crippen LogP contribution in [0.25, 0.3) is 10.8 Å². The lowest BCUT2D eigenvalue weighted by atomic mass is 9.54. The van der Waals surface area contributed by atoms with Gasteiger partial charge in [0, 0.05) is 5.39 Å². The average molecular weight is 562 g/mol. The van der Waals surface area contributed by atoms with Crippen LogP contribution in [0.1, 0.15) is 22.3 Å². The van der Waals surface area contributed by atoms with Gasteiger partial charge in [0.2, 0.25) is 11.8 Å². The molecule has 2 bridgehead atoms. The van der Waals surface area contributed by atoms with Crippen LogP contribution < -0.4 is 9.64 Å². The number of alkyl halides is 2. The van der Waals surface area contributed by atoms with Gasteiger partial charge in [0.15, 0.2) is 0 Å². The van der Waals surface area contributed by atoms with Gasteiger partial charge in [-0.1, -0.05) is 84.9 Å². The first-order chi connectivity index (χ1) is 19.4. The summed E-state index contributed by atoms with van der Waals surface area (Å²) in [6.07, 6.45) is 0. The molecule has 4 aliphatic rings. The molecule has 1 saturated heterocycles. The Kier molecular flexibility index (Phi) is 4.87. The second-order valence-electron chi connectivity index (χ2n) is 10.6. The predicted molar refractivity (Wildman–Crippen MR) is 156 cm³/mol. The number of benzene rings is 5. The van der Waals surface area contributed by atoms with Crippen molar-refractivity contribution in [3.05, 3.63) is 138 Å². The molecule has 40 heavy (non-hydrogen) atoms. The first-order valence-electron chi connectivity index (χ1n) is 13.2. The van der Waals surface area contributed by atoms with E-state index in [0.29, 0.717) is 11.4 Å². The molecule has 5 aromatic rings. The van der Waals surface area contributed by atoms with E-state index in [2.05, 4.69) is 0 Å². The number of carbonyl (C=O) groups excluding carboxylic acids is 2. The summed E-state index contributed by atoms with van der Waals surface area (Å²) in [5.41, 5.74) is 3.60. The molecule has 4 nitrogen and oxygen atoms in total. The number of fused-ring (bicyclic) bond motifs is 1. The summed E-state index contributed by atoms with van der Waals surface area (Å²) >= 11 is 15.0.